The fourth-order valence-corrected chi connectivity index (χ4v) is 1.79. The molecule has 1 aliphatic rings. The normalized spacial score (nSPS) is 16.6. The summed E-state index contributed by atoms with van der Waals surface area (Å²) in [7, 11) is 0. The van der Waals surface area contributed by atoms with Crippen LogP contribution in [0.1, 0.15) is 5.56 Å². The lowest BCUT2D eigenvalue weighted by atomic mass is 10.2. The number of rotatable bonds is 2. The summed E-state index contributed by atoms with van der Waals surface area (Å²) in [6.07, 6.45) is 0. The third-order valence-electron chi connectivity index (χ3n) is 2.61. The first-order valence-electron chi connectivity index (χ1n) is 5.26. The van der Waals surface area contributed by atoms with Gasteiger partial charge in [-0.25, -0.2) is 4.79 Å². The van der Waals surface area contributed by atoms with Crippen molar-refractivity contribution in [3.05, 3.63) is 35.5 Å². The fraction of sp³-hybridized carbons (Fsp3) is 0.333. The summed E-state index contributed by atoms with van der Waals surface area (Å²) in [5, 5.41) is 12.2. The fourth-order valence-electron chi connectivity index (χ4n) is 1.79. The van der Waals surface area contributed by atoms with E-state index in [2.05, 4.69) is 10.2 Å². The Morgan fingerprint density at radius 2 is 2.12 bits per heavy atom. The molecule has 1 fully saturated rings. The summed E-state index contributed by atoms with van der Waals surface area (Å²) in [6.45, 7) is 3.09. The van der Waals surface area contributed by atoms with Crippen molar-refractivity contribution < 1.29 is 9.90 Å². The standard InChI is InChI=1S/C12H14N2O2/c15-9-11-8-14(6-5-13-11)7-10-1-3-12(16)4-2-10/h1-4,13,16H,5-8H2. The third kappa shape index (κ3) is 2.63. The lowest BCUT2D eigenvalue weighted by Crippen LogP contribution is -2.41. The SMILES string of the molecule is O=C=C1CN(Cc2ccc(O)cc2)CCN1. The van der Waals surface area contributed by atoms with E-state index in [9.17, 15) is 4.79 Å². The van der Waals surface area contributed by atoms with Gasteiger partial charge in [-0.3, -0.25) is 4.90 Å². The second-order valence-corrected chi connectivity index (χ2v) is 3.88. The second kappa shape index (κ2) is 4.84. The van der Waals surface area contributed by atoms with Crippen LogP contribution >= 0.6 is 0 Å². The molecule has 4 nitrogen and oxygen atoms in total. The van der Waals surface area contributed by atoms with E-state index in [1.165, 1.54) is 0 Å². The number of carbonyl (C=O) groups excluding carboxylic acids is 1. The van der Waals surface area contributed by atoms with E-state index in [-0.39, 0.29) is 5.75 Å². The molecule has 0 aromatic heterocycles. The maximum Gasteiger partial charge on any atom is 0.146 e. The predicted molar refractivity (Wildman–Crippen MR) is 60.6 cm³/mol. The minimum atomic E-state index is 0.275. The van der Waals surface area contributed by atoms with E-state index >= 15 is 0 Å². The van der Waals surface area contributed by atoms with Gasteiger partial charge in [0.05, 0.1) is 0 Å². The molecule has 2 rings (SSSR count). The molecule has 1 heterocycles. The lowest BCUT2D eigenvalue weighted by Gasteiger charge is -2.27. The first-order chi connectivity index (χ1) is 7.78. The molecule has 0 radical (unpaired) electrons. The van der Waals surface area contributed by atoms with Gasteiger partial charge in [-0.1, -0.05) is 12.1 Å². The van der Waals surface area contributed by atoms with Gasteiger partial charge in [-0.05, 0) is 17.7 Å². The number of phenols is 1. The lowest BCUT2D eigenvalue weighted by molar-refractivity contribution is 0.260. The Morgan fingerprint density at radius 1 is 1.38 bits per heavy atom. The van der Waals surface area contributed by atoms with E-state index in [4.69, 9.17) is 5.11 Å². The van der Waals surface area contributed by atoms with Crippen LogP contribution in [-0.4, -0.2) is 35.6 Å². The topological polar surface area (TPSA) is 52.6 Å². The van der Waals surface area contributed by atoms with Gasteiger partial charge in [0.1, 0.15) is 17.4 Å². The number of aromatic hydroxyl groups is 1. The maximum absolute atomic E-state index is 10.5. The van der Waals surface area contributed by atoms with Crippen molar-refractivity contribution in [2.45, 2.75) is 6.54 Å². The number of phenolic OH excluding ortho intramolecular Hbond substituents is 1. The molecule has 2 N–H and O–H groups in total. The zero-order valence-corrected chi connectivity index (χ0v) is 8.94. The molecule has 1 aromatic rings. The number of hydrogen-bond donors (Lipinski definition) is 2. The second-order valence-electron chi connectivity index (χ2n) is 3.88. The molecule has 0 bridgehead atoms. The molecule has 0 atom stereocenters. The summed E-state index contributed by atoms with van der Waals surface area (Å²) >= 11 is 0. The van der Waals surface area contributed by atoms with Crippen LogP contribution in [0.25, 0.3) is 0 Å². The Labute approximate surface area is 94.2 Å². The van der Waals surface area contributed by atoms with Crippen LogP contribution < -0.4 is 5.32 Å². The Bertz CT molecular complexity index is 408. The highest BCUT2D eigenvalue weighted by molar-refractivity contribution is 5.52. The van der Waals surface area contributed by atoms with Gasteiger partial charge in [0.2, 0.25) is 0 Å². The van der Waals surface area contributed by atoms with E-state index in [0.717, 1.165) is 25.2 Å². The predicted octanol–water partition coefficient (Wildman–Crippen LogP) is 0.513. The van der Waals surface area contributed by atoms with E-state index in [1.54, 1.807) is 12.1 Å². The Hall–Kier alpha value is -1.77. The summed E-state index contributed by atoms with van der Waals surface area (Å²) in [5.74, 6) is 2.18. The first kappa shape index (κ1) is 10.7. The molecular formula is C12H14N2O2. The number of benzene rings is 1. The van der Waals surface area contributed by atoms with Gasteiger partial charge in [-0.15, -0.1) is 0 Å². The highest BCUT2D eigenvalue weighted by atomic mass is 16.3. The highest BCUT2D eigenvalue weighted by Crippen LogP contribution is 2.12. The average molecular weight is 218 g/mol. The molecule has 0 aliphatic carbocycles. The van der Waals surface area contributed by atoms with Crippen molar-refractivity contribution in [2.24, 2.45) is 0 Å². The molecule has 1 aliphatic heterocycles. The number of hydrogen-bond acceptors (Lipinski definition) is 4. The molecule has 0 unspecified atom stereocenters. The third-order valence-corrected chi connectivity index (χ3v) is 2.61. The first-order valence-corrected chi connectivity index (χ1v) is 5.26. The van der Waals surface area contributed by atoms with Gasteiger partial charge in [0.15, 0.2) is 0 Å². The molecule has 4 heteroatoms. The average Bonchev–Trinajstić information content (AvgIpc) is 2.32. The van der Waals surface area contributed by atoms with Crippen molar-refractivity contribution in [1.29, 1.82) is 0 Å². The summed E-state index contributed by atoms with van der Waals surface area (Å²) < 4.78 is 0. The summed E-state index contributed by atoms with van der Waals surface area (Å²) in [6, 6.07) is 7.13. The number of piperazine rings is 1. The molecule has 1 aromatic carbocycles. The Kier molecular flexibility index (Phi) is 3.25. The Balaban J connectivity index is 1.99. The molecule has 0 saturated carbocycles. The Morgan fingerprint density at radius 3 is 2.81 bits per heavy atom. The van der Waals surface area contributed by atoms with Crippen molar-refractivity contribution in [3.63, 3.8) is 0 Å². The van der Waals surface area contributed by atoms with Crippen LogP contribution in [0.5, 0.6) is 5.75 Å². The minimum absolute atomic E-state index is 0.275. The van der Waals surface area contributed by atoms with Gasteiger partial charge < -0.3 is 10.4 Å². The maximum atomic E-state index is 10.5. The number of nitrogens with zero attached hydrogens (tertiary/aromatic N) is 1. The summed E-state index contributed by atoms with van der Waals surface area (Å²) in [4.78, 5) is 12.7. The van der Waals surface area contributed by atoms with Crippen molar-refractivity contribution in [3.8, 4) is 5.75 Å². The van der Waals surface area contributed by atoms with Crippen molar-refractivity contribution in [1.82, 2.24) is 10.2 Å². The van der Waals surface area contributed by atoms with Crippen molar-refractivity contribution in [2.75, 3.05) is 19.6 Å². The zero-order valence-electron chi connectivity index (χ0n) is 8.94. The van der Waals surface area contributed by atoms with Gasteiger partial charge in [0, 0.05) is 26.2 Å². The molecule has 1 saturated heterocycles. The molecule has 0 amide bonds. The van der Waals surface area contributed by atoms with Gasteiger partial charge in [-0.2, -0.15) is 0 Å². The molecule has 16 heavy (non-hydrogen) atoms. The smallest absolute Gasteiger partial charge is 0.146 e. The van der Waals surface area contributed by atoms with E-state index in [0.29, 0.717) is 12.2 Å². The molecular weight excluding hydrogens is 204 g/mol. The van der Waals surface area contributed by atoms with Crippen molar-refractivity contribution >= 4 is 5.94 Å². The molecule has 84 valence electrons. The number of nitrogens with one attached hydrogen (secondary N) is 1. The van der Waals surface area contributed by atoms with Gasteiger partial charge in [0.25, 0.3) is 0 Å². The zero-order chi connectivity index (χ0) is 11.4. The largest absolute Gasteiger partial charge is 0.508 e. The van der Waals surface area contributed by atoms with Crippen LogP contribution in [0.4, 0.5) is 0 Å². The highest BCUT2D eigenvalue weighted by Gasteiger charge is 2.14. The summed E-state index contributed by atoms with van der Waals surface area (Å²) in [5.41, 5.74) is 1.75. The van der Waals surface area contributed by atoms with Crippen LogP contribution in [0.3, 0.4) is 0 Å². The monoisotopic (exact) mass is 218 g/mol. The van der Waals surface area contributed by atoms with Crippen LogP contribution in [0.15, 0.2) is 30.0 Å². The van der Waals surface area contributed by atoms with E-state index < -0.39 is 0 Å². The van der Waals surface area contributed by atoms with Crippen LogP contribution in [0, 0.1) is 0 Å². The van der Waals surface area contributed by atoms with Gasteiger partial charge >= 0.3 is 0 Å². The minimum Gasteiger partial charge on any atom is -0.508 e. The van der Waals surface area contributed by atoms with Crippen LogP contribution in [-0.2, 0) is 11.3 Å². The quantitative estimate of drug-likeness (QED) is 0.710. The van der Waals surface area contributed by atoms with Crippen LogP contribution in [0.2, 0.25) is 0 Å². The molecule has 0 spiro atoms. The van der Waals surface area contributed by atoms with E-state index in [1.807, 2.05) is 18.1 Å².